The Morgan fingerprint density at radius 2 is 2.12 bits per heavy atom. The minimum absolute atomic E-state index is 0.229. The lowest BCUT2D eigenvalue weighted by molar-refractivity contribution is -0.137. The maximum Gasteiger partial charge on any atom is 0.323 e. The molecule has 0 aromatic carbocycles. The van der Waals surface area contributed by atoms with Crippen LogP contribution in [0.5, 0.6) is 0 Å². The molecule has 0 radical (unpaired) electrons. The van der Waals surface area contributed by atoms with Crippen LogP contribution >= 0.6 is 0 Å². The summed E-state index contributed by atoms with van der Waals surface area (Å²) >= 11 is 0. The van der Waals surface area contributed by atoms with Gasteiger partial charge in [-0.2, -0.15) is 0 Å². The molecule has 5 nitrogen and oxygen atoms in total. The van der Waals surface area contributed by atoms with Crippen molar-refractivity contribution in [1.29, 1.82) is 0 Å². The van der Waals surface area contributed by atoms with E-state index in [0.29, 0.717) is 12.5 Å². The number of rotatable bonds is 6. The van der Waals surface area contributed by atoms with Crippen LogP contribution in [0.1, 0.15) is 33.6 Å². The molecule has 0 aromatic heterocycles. The summed E-state index contributed by atoms with van der Waals surface area (Å²) in [6.45, 7) is 6.28. The van der Waals surface area contributed by atoms with Crippen LogP contribution in [0.2, 0.25) is 0 Å². The molecular formula is C12H22N2O3. The van der Waals surface area contributed by atoms with Crippen molar-refractivity contribution in [1.82, 2.24) is 10.2 Å². The van der Waals surface area contributed by atoms with Crippen molar-refractivity contribution in [2.75, 3.05) is 13.1 Å². The minimum atomic E-state index is -0.969. The minimum Gasteiger partial charge on any atom is -0.480 e. The molecule has 2 N–H and O–H groups in total. The highest BCUT2D eigenvalue weighted by Crippen LogP contribution is 2.33. The molecule has 5 heteroatoms. The van der Waals surface area contributed by atoms with Gasteiger partial charge in [-0.3, -0.25) is 4.79 Å². The number of carbonyl (C=O) groups is 2. The van der Waals surface area contributed by atoms with E-state index < -0.39 is 5.97 Å². The van der Waals surface area contributed by atoms with E-state index in [4.69, 9.17) is 5.11 Å². The van der Waals surface area contributed by atoms with Gasteiger partial charge in [-0.05, 0) is 18.3 Å². The molecule has 0 aliphatic heterocycles. The van der Waals surface area contributed by atoms with Crippen LogP contribution in [0.15, 0.2) is 0 Å². The molecule has 2 atom stereocenters. The summed E-state index contributed by atoms with van der Waals surface area (Å²) in [7, 11) is 0. The third-order valence-corrected chi connectivity index (χ3v) is 2.95. The molecule has 2 unspecified atom stereocenters. The Balaban J connectivity index is 2.44. The molecule has 98 valence electrons. The number of urea groups is 1. The van der Waals surface area contributed by atoms with Gasteiger partial charge in [0.15, 0.2) is 0 Å². The quantitative estimate of drug-likeness (QED) is 0.742. The van der Waals surface area contributed by atoms with Crippen molar-refractivity contribution in [2.45, 2.75) is 39.7 Å². The average Bonchev–Trinajstić information content (AvgIpc) is 2.94. The predicted molar refractivity (Wildman–Crippen MR) is 64.8 cm³/mol. The SMILES string of the molecule is CCC1CC1NC(=O)N(CC(=O)O)CC(C)C. The highest BCUT2D eigenvalue weighted by molar-refractivity contribution is 5.80. The number of amides is 2. The molecule has 0 heterocycles. The summed E-state index contributed by atoms with van der Waals surface area (Å²) in [6, 6.07) is -0.00185. The summed E-state index contributed by atoms with van der Waals surface area (Å²) in [6.07, 6.45) is 2.08. The highest BCUT2D eigenvalue weighted by atomic mass is 16.4. The summed E-state index contributed by atoms with van der Waals surface area (Å²) in [5.41, 5.74) is 0. The monoisotopic (exact) mass is 242 g/mol. The Labute approximate surface area is 102 Å². The van der Waals surface area contributed by atoms with Crippen LogP contribution in [0.25, 0.3) is 0 Å². The maximum atomic E-state index is 11.9. The number of hydrogen-bond donors (Lipinski definition) is 2. The Morgan fingerprint density at radius 1 is 1.47 bits per heavy atom. The van der Waals surface area contributed by atoms with Crippen molar-refractivity contribution in [3.8, 4) is 0 Å². The topological polar surface area (TPSA) is 69.6 Å². The molecule has 0 aromatic rings. The second-order valence-corrected chi connectivity index (χ2v) is 5.13. The zero-order valence-corrected chi connectivity index (χ0v) is 10.8. The third kappa shape index (κ3) is 4.63. The Bertz CT molecular complexity index is 291. The first-order valence-corrected chi connectivity index (χ1v) is 6.21. The van der Waals surface area contributed by atoms with Crippen LogP contribution < -0.4 is 5.32 Å². The zero-order chi connectivity index (χ0) is 13.0. The molecular weight excluding hydrogens is 220 g/mol. The van der Waals surface area contributed by atoms with Gasteiger partial charge in [0.05, 0.1) is 0 Å². The van der Waals surface area contributed by atoms with Gasteiger partial charge in [-0.25, -0.2) is 4.79 Å². The molecule has 1 fully saturated rings. The molecule has 1 saturated carbocycles. The standard InChI is InChI=1S/C12H22N2O3/c1-4-9-5-10(9)13-12(17)14(6-8(2)3)7-11(15)16/h8-10H,4-7H2,1-3H3,(H,13,17)(H,15,16). The average molecular weight is 242 g/mol. The zero-order valence-electron chi connectivity index (χ0n) is 10.8. The van der Waals surface area contributed by atoms with Gasteiger partial charge in [0.1, 0.15) is 6.54 Å². The largest absolute Gasteiger partial charge is 0.480 e. The molecule has 0 saturated heterocycles. The van der Waals surface area contributed by atoms with E-state index >= 15 is 0 Å². The van der Waals surface area contributed by atoms with E-state index in [1.807, 2.05) is 13.8 Å². The van der Waals surface area contributed by atoms with E-state index in [2.05, 4.69) is 12.2 Å². The first-order valence-electron chi connectivity index (χ1n) is 6.21. The number of hydrogen-bond acceptors (Lipinski definition) is 2. The van der Waals surface area contributed by atoms with E-state index in [1.165, 1.54) is 4.90 Å². The van der Waals surface area contributed by atoms with Crippen molar-refractivity contribution in [3.63, 3.8) is 0 Å². The van der Waals surface area contributed by atoms with Crippen molar-refractivity contribution >= 4 is 12.0 Å². The molecule has 2 amide bonds. The smallest absolute Gasteiger partial charge is 0.323 e. The number of aliphatic carboxylic acids is 1. The van der Waals surface area contributed by atoms with E-state index in [0.717, 1.165) is 12.8 Å². The Morgan fingerprint density at radius 3 is 2.53 bits per heavy atom. The summed E-state index contributed by atoms with van der Waals surface area (Å²) in [4.78, 5) is 23.9. The number of carboxylic acids is 1. The molecule has 0 spiro atoms. The molecule has 1 rings (SSSR count). The van der Waals surface area contributed by atoms with Gasteiger partial charge < -0.3 is 15.3 Å². The summed E-state index contributed by atoms with van der Waals surface area (Å²) < 4.78 is 0. The third-order valence-electron chi connectivity index (χ3n) is 2.95. The van der Waals surface area contributed by atoms with Crippen molar-refractivity contribution < 1.29 is 14.7 Å². The second-order valence-electron chi connectivity index (χ2n) is 5.13. The van der Waals surface area contributed by atoms with Gasteiger partial charge in [0.25, 0.3) is 0 Å². The van der Waals surface area contributed by atoms with Gasteiger partial charge in [-0.15, -0.1) is 0 Å². The molecule has 17 heavy (non-hydrogen) atoms. The Hall–Kier alpha value is -1.26. The van der Waals surface area contributed by atoms with E-state index in [9.17, 15) is 9.59 Å². The molecule has 1 aliphatic rings. The van der Waals surface area contributed by atoms with Gasteiger partial charge in [0, 0.05) is 12.6 Å². The maximum absolute atomic E-state index is 11.9. The van der Waals surface area contributed by atoms with Crippen LogP contribution in [0.4, 0.5) is 4.79 Å². The first kappa shape index (κ1) is 13.8. The highest BCUT2D eigenvalue weighted by Gasteiger charge is 2.37. The molecule has 0 bridgehead atoms. The number of nitrogens with one attached hydrogen (secondary N) is 1. The summed E-state index contributed by atoms with van der Waals surface area (Å²) in [5.74, 6) is -0.130. The van der Waals surface area contributed by atoms with Crippen LogP contribution in [-0.2, 0) is 4.79 Å². The number of carbonyl (C=O) groups excluding carboxylic acids is 1. The number of nitrogens with zero attached hydrogens (tertiary/aromatic N) is 1. The van der Waals surface area contributed by atoms with Crippen LogP contribution in [-0.4, -0.2) is 41.1 Å². The van der Waals surface area contributed by atoms with Crippen molar-refractivity contribution in [2.24, 2.45) is 11.8 Å². The fourth-order valence-corrected chi connectivity index (χ4v) is 1.95. The van der Waals surface area contributed by atoms with E-state index in [-0.39, 0.29) is 24.5 Å². The fourth-order valence-electron chi connectivity index (χ4n) is 1.95. The van der Waals surface area contributed by atoms with Crippen LogP contribution in [0.3, 0.4) is 0 Å². The lowest BCUT2D eigenvalue weighted by atomic mass is 10.2. The Kier molecular flexibility index (Phi) is 4.78. The lowest BCUT2D eigenvalue weighted by Crippen LogP contribution is -2.45. The van der Waals surface area contributed by atoms with Crippen molar-refractivity contribution in [3.05, 3.63) is 0 Å². The summed E-state index contributed by atoms with van der Waals surface area (Å²) in [5, 5.41) is 11.7. The normalized spacial score (nSPS) is 22.4. The lowest BCUT2D eigenvalue weighted by Gasteiger charge is -2.23. The van der Waals surface area contributed by atoms with Gasteiger partial charge in [-0.1, -0.05) is 27.2 Å². The predicted octanol–water partition coefficient (Wildman–Crippen LogP) is 1.54. The van der Waals surface area contributed by atoms with E-state index in [1.54, 1.807) is 0 Å². The fraction of sp³-hybridized carbons (Fsp3) is 0.833. The second kappa shape index (κ2) is 5.89. The first-order chi connectivity index (χ1) is 7.93. The van der Waals surface area contributed by atoms with Crippen LogP contribution in [0, 0.1) is 11.8 Å². The van der Waals surface area contributed by atoms with Gasteiger partial charge in [0.2, 0.25) is 0 Å². The number of carboxylic acid groups (broad SMARTS) is 1. The molecule has 1 aliphatic carbocycles. The van der Waals surface area contributed by atoms with Gasteiger partial charge >= 0.3 is 12.0 Å².